The molecular weight excluding hydrogens is 466 g/mol. The van der Waals surface area contributed by atoms with E-state index in [9.17, 15) is 0 Å². The van der Waals surface area contributed by atoms with E-state index in [0.717, 1.165) is 41.2 Å². The lowest BCUT2D eigenvalue weighted by atomic mass is 9.88. The Kier molecular flexibility index (Phi) is 9.61. The van der Waals surface area contributed by atoms with Gasteiger partial charge in [0, 0.05) is 12.4 Å². The quantitative estimate of drug-likeness (QED) is 0.125. The van der Waals surface area contributed by atoms with E-state index in [1.54, 1.807) is 0 Å². The summed E-state index contributed by atoms with van der Waals surface area (Å²) < 4.78 is 11.9. The number of allylic oxidation sites excluding steroid dienone is 1. The van der Waals surface area contributed by atoms with Crippen LogP contribution in [0.3, 0.4) is 0 Å². The molecule has 0 saturated heterocycles. The number of hydrogen-bond acceptors (Lipinski definition) is 3. The minimum Gasteiger partial charge on any atom is -0.492 e. The fourth-order valence-corrected chi connectivity index (χ4v) is 4.30. The molecule has 0 atom stereocenters. The Bertz CT molecular complexity index is 1220. The predicted octanol–water partition coefficient (Wildman–Crippen LogP) is 7.45. The molecule has 0 fully saturated rings. The highest BCUT2D eigenvalue weighted by Gasteiger charge is 2.14. The van der Waals surface area contributed by atoms with Gasteiger partial charge in [-0.1, -0.05) is 84.9 Å². The summed E-state index contributed by atoms with van der Waals surface area (Å²) >= 11 is 6.31. The monoisotopic (exact) mass is 497 g/mol. The number of rotatable bonds is 12. The van der Waals surface area contributed by atoms with Crippen molar-refractivity contribution >= 4 is 22.7 Å². The second-order valence-electron chi connectivity index (χ2n) is 8.43. The van der Waals surface area contributed by atoms with Crippen LogP contribution in [0.4, 0.5) is 0 Å². The van der Waals surface area contributed by atoms with Crippen molar-refractivity contribution in [3.8, 4) is 11.5 Å². The van der Waals surface area contributed by atoms with E-state index in [0.29, 0.717) is 19.1 Å². The smallest absolute Gasteiger partial charge is 0.119 e. The van der Waals surface area contributed by atoms with Gasteiger partial charge in [-0.05, 0) is 71.1 Å². The average Bonchev–Trinajstić information content (AvgIpc) is 2.94. The normalized spacial score (nSPS) is 11.6. The summed E-state index contributed by atoms with van der Waals surface area (Å²) in [5, 5.41) is 3.10. The molecule has 0 radical (unpaired) electrons. The first-order chi connectivity index (χ1) is 17.8. The molecule has 0 bridgehead atoms. The van der Waals surface area contributed by atoms with Crippen LogP contribution in [0, 0.1) is 0 Å². The first-order valence-electron chi connectivity index (χ1n) is 12.3. The Hall–Kier alpha value is -3.53. The minimum atomic E-state index is 0.539. The van der Waals surface area contributed by atoms with Crippen LogP contribution in [0.5, 0.6) is 11.5 Å². The SMILES string of the molecule is CNCCOc1ccc(/C(=C(/CCCl)c2ccccc2)c2ccc(OCc3ccccc3)cc2)cc1. The van der Waals surface area contributed by atoms with Crippen molar-refractivity contribution < 1.29 is 9.47 Å². The first-order valence-corrected chi connectivity index (χ1v) is 12.8. The van der Waals surface area contributed by atoms with Crippen molar-refractivity contribution in [3.63, 3.8) is 0 Å². The van der Waals surface area contributed by atoms with Gasteiger partial charge >= 0.3 is 0 Å². The lowest BCUT2D eigenvalue weighted by molar-refractivity contribution is 0.306. The third-order valence-electron chi connectivity index (χ3n) is 5.92. The largest absolute Gasteiger partial charge is 0.492 e. The van der Waals surface area contributed by atoms with E-state index < -0.39 is 0 Å². The maximum absolute atomic E-state index is 6.31. The number of hydrogen-bond donors (Lipinski definition) is 1. The second-order valence-corrected chi connectivity index (χ2v) is 8.81. The van der Waals surface area contributed by atoms with Gasteiger partial charge in [0.05, 0.1) is 0 Å². The van der Waals surface area contributed by atoms with Crippen LogP contribution in [-0.2, 0) is 6.61 Å². The van der Waals surface area contributed by atoms with Crippen molar-refractivity contribution in [2.75, 3.05) is 26.1 Å². The zero-order chi connectivity index (χ0) is 25.0. The third kappa shape index (κ3) is 7.00. The van der Waals surface area contributed by atoms with Crippen LogP contribution in [-0.4, -0.2) is 26.1 Å². The highest BCUT2D eigenvalue weighted by Crippen LogP contribution is 2.36. The summed E-state index contributed by atoms with van der Waals surface area (Å²) in [6, 6.07) is 37.3. The summed E-state index contributed by atoms with van der Waals surface area (Å²) in [7, 11) is 1.92. The third-order valence-corrected chi connectivity index (χ3v) is 6.11. The van der Waals surface area contributed by atoms with Crippen LogP contribution in [0.15, 0.2) is 109 Å². The maximum Gasteiger partial charge on any atom is 0.119 e. The zero-order valence-corrected chi connectivity index (χ0v) is 21.4. The van der Waals surface area contributed by atoms with Gasteiger partial charge in [-0.25, -0.2) is 0 Å². The molecule has 3 nitrogen and oxygen atoms in total. The lowest BCUT2D eigenvalue weighted by Gasteiger charge is -2.18. The van der Waals surface area contributed by atoms with E-state index in [2.05, 4.69) is 66.0 Å². The number of nitrogens with one attached hydrogen (secondary N) is 1. The first kappa shape index (κ1) is 25.6. The number of benzene rings is 4. The molecule has 0 aliphatic rings. The fraction of sp³-hybridized carbons (Fsp3) is 0.188. The molecular formula is C32H32ClNO2. The van der Waals surface area contributed by atoms with Crippen molar-refractivity contribution in [2.24, 2.45) is 0 Å². The van der Waals surface area contributed by atoms with E-state index in [-0.39, 0.29) is 0 Å². The molecule has 4 rings (SSSR count). The number of ether oxygens (including phenoxy) is 2. The summed E-state index contributed by atoms with van der Waals surface area (Å²) in [5.74, 6) is 2.24. The van der Waals surface area contributed by atoms with E-state index in [1.165, 1.54) is 16.7 Å². The zero-order valence-electron chi connectivity index (χ0n) is 20.6. The van der Waals surface area contributed by atoms with Crippen LogP contribution in [0.1, 0.15) is 28.7 Å². The Morgan fingerprint density at radius 3 is 1.78 bits per heavy atom. The second kappa shape index (κ2) is 13.5. The molecule has 1 N–H and O–H groups in total. The summed E-state index contributed by atoms with van der Waals surface area (Å²) in [5.41, 5.74) is 6.94. The molecule has 0 saturated carbocycles. The molecule has 4 aromatic rings. The molecule has 0 aliphatic heterocycles. The topological polar surface area (TPSA) is 30.5 Å². The Morgan fingerprint density at radius 1 is 0.667 bits per heavy atom. The molecule has 0 spiro atoms. The highest BCUT2D eigenvalue weighted by atomic mass is 35.5. The van der Waals surface area contributed by atoms with Gasteiger partial charge in [0.2, 0.25) is 0 Å². The van der Waals surface area contributed by atoms with Crippen molar-refractivity contribution in [3.05, 3.63) is 131 Å². The molecule has 0 aromatic heterocycles. The van der Waals surface area contributed by atoms with Crippen LogP contribution in [0.2, 0.25) is 0 Å². The minimum absolute atomic E-state index is 0.539. The highest BCUT2D eigenvalue weighted by molar-refractivity contribution is 6.18. The van der Waals surface area contributed by atoms with Crippen molar-refractivity contribution in [2.45, 2.75) is 13.0 Å². The maximum atomic E-state index is 6.31. The van der Waals surface area contributed by atoms with Crippen molar-refractivity contribution in [1.82, 2.24) is 5.32 Å². The molecule has 36 heavy (non-hydrogen) atoms. The molecule has 0 aliphatic carbocycles. The summed E-state index contributed by atoms with van der Waals surface area (Å²) in [4.78, 5) is 0. The number of likely N-dealkylation sites (N-methyl/N-ethyl adjacent to an activating group) is 1. The van der Waals surface area contributed by atoms with Gasteiger partial charge in [-0.3, -0.25) is 0 Å². The number of halogens is 1. The van der Waals surface area contributed by atoms with Gasteiger partial charge in [0.1, 0.15) is 24.7 Å². The van der Waals surface area contributed by atoms with Crippen molar-refractivity contribution in [1.29, 1.82) is 0 Å². The summed E-state index contributed by atoms with van der Waals surface area (Å²) in [6.45, 7) is 1.98. The molecule has 4 aromatic carbocycles. The van der Waals surface area contributed by atoms with E-state index in [4.69, 9.17) is 21.1 Å². The van der Waals surface area contributed by atoms with E-state index >= 15 is 0 Å². The predicted molar refractivity (Wildman–Crippen MR) is 151 cm³/mol. The summed E-state index contributed by atoms with van der Waals surface area (Å²) in [6.07, 6.45) is 0.758. The van der Waals surface area contributed by atoms with Crippen LogP contribution in [0.25, 0.3) is 11.1 Å². The lowest BCUT2D eigenvalue weighted by Crippen LogP contribution is -2.15. The standard InChI is InChI=1S/C32H32ClNO2/c1-34-22-23-35-29-16-12-27(13-17-29)32(31(20-21-33)26-10-6-3-7-11-26)28-14-18-30(19-15-28)36-24-25-8-4-2-5-9-25/h2-19,34H,20-24H2,1H3/b32-31+. The Labute approximate surface area is 219 Å². The fourth-order valence-electron chi connectivity index (χ4n) is 4.11. The molecule has 0 unspecified atom stereocenters. The van der Waals surface area contributed by atoms with Gasteiger partial charge in [0.15, 0.2) is 0 Å². The van der Waals surface area contributed by atoms with Crippen LogP contribution < -0.4 is 14.8 Å². The number of alkyl halides is 1. The average molecular weight is 498 g/mol. The molecule has 184 valence electrons. The van der Waals surface area contributed by atoms with Crippen LogP contribution >= 0.6 is 11.6 Å². The molecule has 0 amide bonds. The Balaban J connectivity index is 1.67. The van der Waals surface area contributed by atoms with Gasteiger partial charge in [-0.15, -0.1) is 11.6 Å². The van der Waals surface area contributed by atoms with E-state index in [1.807, 2.05) is 55.6 Å². The van der Waals surface area contributed by atoms with Gasteiger partial charge < -0.3 is 14.8 Å². The Morgan fingerprint density at radius 2 is 1.22 bits per heavy atom. The van der Waals surface area contributed by atoms with Gasteiger partial charge in [-0.2, -0.15) is 0 Å². The van der Waals surface area contributed by atoms with Gasteiger partial charge in [0.25, 0.3) is 0 Å². The molecule has 0 heterocycles. The molecule has 4 heteroatoms.